The summed E-state index contributed by atoms with van der Waals surface area (Å²) in [5.74, 6) is -0.964. The summed E-state index contributed by atoms with van der Waals surface area (Å²) in [4.78, 5) is 16.0. The SMILES string of the molecule is Cc1ccc(-c2csc3ncc(C(=O)O)n23)cc1. The highest BCUT2D eigenvalue weighted by atomic mass is 32.1. The minimum atomic E-state index is -0.964. The molecule has 0 aliphatic heterocycles. The van der Waals surface area contributed by atoms with Crippen molar-refractivity contribution in [2.75, 3.05) is 0 Å². The van der Waals surface area contributed by atoms with Gasteiger partial charge >= 0.3 is 5.97 Å². The predicted octanol–water partition coefficient (Wildman–Crippen LogP) is 3.07. The van der Waals surface area contributed by atoms with Crippen LogP contribution in [-0.4, -0.2) is 20.5 Å². The molecule has 3 aromatic rings. The Hall–Kier alpha value is -2.14. The molecule has 0 amide bonds. The first-order valence-corrected chi connectivity index (χ1v) is 6.30. The topological polar surface area (TPSA) is 54.6 Å². The lowest BCUT2D eigenvalue weighted by molar-refractivity contribution is 0.0689. The number of aryl methyl sites for hydroxylation is 1. The van der Waals surface area contributed by atoms with Crippen molar-refractivity contribution in [1.29, 1.82) is 0 Å². The molecule has 2 aromatic heterocycles. The summed E-state index contributed by atoms with van der Waals surface area (Å²) >= 11 is 1.44. The Morgan fingerprint density at radius 2 is 2.06 bits per heavy atom. The number of hydrogen-bond donors (Lipinski definition) is 1. The van der Waals surface area contributed by atoms with Crippen molar-refractivity contribution < 1.29 is 9.90 Å². The van der Waals surface area contributed by atoms with Gasteiger partial charge in [-0.15, -0.1) is 11.3 Å². The van der Waals surface area contributed by atoms with E-state index in [1.165, 1.54) is 23.1 Å². The molecule has 0 fully saturated rings. The maximum absolute atomic E-state index is 11.2. The van der Waals surface area contributed by atoms with Crippen molar-refractivity contribution in [3.63, 3.8) is 0 Å². The molecule has 3 rings (SSSR count). The average molecular weight is 258 g/mol. The van der Waals surface area contributed by atoms with Crippen LogP contribution in [-0.2, 0) is 0 Å². The summed E-state index contributed by atoms with van der Waals surface area (Å²) in [6, 6.07) is 8.00. The highest BCUT2D eigenvalue weighted by Crippen LogP contribution is 2.27. The van der Waals surface area contributed by atoms with Gasteiger partial charge in [0.25, 0.3) is 0 Å². The normalized spacial score (nSPS) is 10.9. The number of nitrogens with zero attached hydrogens (tertiary/aromatic N) is 2. The van der Waals surface area contributed by atoms with Crippen LogP contribution in [0.15, 0.2) is 35.8 Å². The molecular weight excluding hydrogens is 248 g/mol. The first kappa shape index (κ1) is 11.0. The first-order chi connectivity index (χ1) is 8.66. The van der Waals surface area contributed by atoms with Gasteiger partial charge in [0, 0.05) is 5.38 Å². The molecular formula is C13H10N2O2S. The Kier molecular flexibility index (Phi) is 2.41. The average Bonchev–Trinajstić information content (AvgIpc) is 2.90. The molecule has 2 heterocycles. The third-order valence-electron chi connectivity index (χ3n) is 2.81. The van der Waals surface area contributed by atoms with Gasteiger partial charge in [-0.05, 0) is 12.5 Å². The summed E-state index contributed by atoms with van der Waals surface area (Å²) in [5.41, 5.74) is 3.23. The van der Waals surface area contributed by atoms with Crippen LogP contribution in [0.1, 0.15) is 16.1 Å². The number of hydrogen-bond acceptors (Lipinski definition) is 3. The molecule has 0 bridgehead atoms. The fraction of sp³-hybridized carbons (Fsp3) is 0.0769. The van der Waals surface area contributed by atoms with Crippen LogP contribution in [0, 0.1) is 6.92 Å². The van der Waals surface area contributed by atoms with Crippen LogP contribution in [0.2, 0.25) is 0 Å². The van der Waals surface area contributed by atoms with E-state index >= 15 is 0 Å². The minimum Gasteiger partial charge on any atom is -0.477 e. The highest BCUT2D eigenvalue weighted by Gasteiger charge is 2.15. The van der Waals surface area contributed by atoms with E-state index in [1.54, 1.807) is 4.40 Å². The second kappa shape index (κ2) is 3.96. The summed E-state index contributed by atoms with van der Waals surface area (Å²) < 4.78 is 1.68. The number of fused-ring (bicyclic) bond motifs is 1. The minimum absolute atomic E-state index is 0.196. The van der Waals surface area contributed by atoms with Gasteiger partial charge < -0.3 is 5.11 Å². The maximum atomic E-state index is 11.2. The van der Waals surface area contributed by atoms with E-state index in [1.807, 2.05) is 36.6 Å². The van der Waals surface area contributed by atoms with Gasteiger partial charge in [-0.2, -0.15) is 0 Å². The van der Waals surface area contributed by atoms with Crippen molar-refractivity contribution in [1.82, 2.24) is 9.38 Å². The molecule has 5 heteroatoms. The Bertz CT molecular complexity index is 725. The molecule has 0 radical (unpaired) electrons. The maximum Gasteiger partial charge on any atom is 0.354 e. The smallest absolute Gasteiger partial charge is 0.354 e. The molecule has 0 aliphatic carbocycles. The van der Waals surface area contributed by atoms with Crippen LogP contribution in [0.4, 0.5) is 0 Å². The summed E-state index contributed by atoms with van der Waals surface area (Å²) in [5, 5.41) is 11.1. The van der Waals surface area contributed by atoms with Crippen molar-refractivity contribution >= 4 is 22.3 Å². The first-order valence-electron chi connectivity index (χ1n) is 5.42. The van der Waals surface area contributed by atoms with Gasteiger partial charge in [-0.1, -0.05) is 29.8 Å². The van der Waals surface area contributed by atoms with Gasteiger partial charge in [0.15, 0.2) is 10.7 Å². The van der Waals surface area contributed by atoms with E-state index in [0.29, 0.717) is 4.96 Å². The summed E-state index contributed by atoms with van der Waals surface area (Å²) in [6.07, 6.45) is 1.39. The Labute approximate surface area is 107 Å². The Morgan fingerprint density at radius 1 is 1.33 bits per heavy atom. The number of benzene rings is 1. The number of thiazole rings is 1. The van der Waals surface area contributed by atoms with Crippen molar-refractivity contribution in [3.05, 3.63) is 47.1 Å². The number of carboxylic acid groups (broad SMARTS) is 1. The van der Waals surface area contributed by atoms with E-state index in [4.69, 9.17) is 5.11 Å². The predicted molar refractivity (Wildman–Crippen MR) is 70.2 cm³/mol. The van der Waals surface area contributed by atoms with Gasteiger partial charge in [-0.3, -0.25) is 4.40 Å². The number of rotatable bonds is 2. The van der Waals surface area contributed by atoms with E-state index in [0.717, 1.165) is 11.3 Å². The molecule has 0 atom stereocenters. The van der Waals surface area contributed by atoms with Crippen molar-refractivity contribution in [3.8, 4) is 11.3 Å². The second-order valence-corrected chi connectivity index (χ2v) is 4.89. The standard InChI is InChI=1S/C13H10N2O2S/c1-8-2-4-9(5-3-8)11-7-18-13-14-6-10(12(16)17)15(11)13/h2-7H,1H3,(H,16,17). The van der Waals surface area contributed by atoms with Crippen molar-refractivity contribution in [2.45, 2.75) is 6.92 Å². The second-order valence-electron chi connectivity index (χ2n) is 4.05. The lowest BCUT2D eigenvalue weighted by Crippen LogP contribution is -2.01. The monoisotopic (exact) mass is 258 g/mol. The molecule has 4 nitrogen and oxygen atoms in total. The number of aromatic carboxylic acids is 1. The zero-order valence-corrected chi connectivity index (χ0v) is 10.4. The third kappa shape index (κ3) is 1.60. The molecule has 0 unspecified atom stereocenters. The van der Waals surface area contributed by atoms with E-state index in [-0.39, 0.29) is 5.69 Å². The van der Waals surface area contributed by atoms with Crippen LogP contribution in [0.25, 0.3) is 16.2 Å². The van der Waals surface area contributed by atoms with Gasteiger partial charge in [0.05, 0.1) is 11.9 Å². The Morgan fingerprint density at radius 3 is 2.72 bits per heavy atom. The van der Waals surface area contributed by atoms with Crippen LogP contribution < -0.4 is 0 Å². The molecule has 0 saturated heterocycles. The van der Waals surface area contributed by atoms with Crippen LogP contribution >= 0.6 is 11.3 Å². The van der Waals surface area contributed by atoms with Gasteiger partial charge in [-0.25, -0.2) is 9.78 Å². The molecule has 0 saturated carbocycles. The molecule has 90 valence electrons. The van der Waals surface area contributed by atoms with E-state index < -0.39 is 5.97 Å². The molecule has 1 aromatic carbocycles. The molecule has 0 aliphatic rings. The molecule has 0 spiro atoms. The third-order valence-corrected chi connectivity index (χ3v) is 3.65. The van der Waals surface area contributed by atoms with E-state index in [9.17, 15) is 4.79 Å². The molecule has 1 N–H and O–H groups in total. The largest absolute Gasteiger partial charge is 0.477 e. The number of aromatic nitrogens is 2. The number of carbonyl (C=O) groups is 1. The van der Waals surface area contributed by atoms with Gasteiger partial charge in [0.1, 0.15) is 0 Å². The zero-order chi connectivity index (χ0) is 12.7. The lowest BCUT2D eigenvalue weighted by Gasteiger charge is -2.02. The number of carboxylic acids is 1. The zero-order valence-electron chi connectivity index (χ0n) is 9.62. The lowest BCUT2D eigenvalue weighted by atomic mass is 10.1. The highest BCUT2D eigenvalue weighted by molar-refractivity contribution is 7.15. The van der Waals surface area contributed by atoms with Crippen LogP contribution in [0.3, 0.4) is 0 Å². The Balaban J connectivity index is 2.25. The fourth-order valence-corrected chi connectivity index (χ4v) is 2.76. The van der Waals surface area contributed by atoms with E-state index in [2.05, 4.69) is 4.98 Å². The van der Waals surface area contributed by atoms with Crippen LogP contribution in [0.5, 0.6) is 0 Å². The van der Waals surface area contributed by atoms with Gasteiger partial charge in [0.2, 0.25) is 0 Å². The summed E-state index contributed by atoms with van der Waals surface area (Å²) in [7, 11) is 0. The van der Waals surface area contributed by atoms with Crippen molar-refractivity contribution in [2.24, 2.45) is 0 Å². The molecule has 18 heavy (non-hydrogen) atoms. The summed E-state index contributed by atoms with van der Waals surface area (Å²) in [6.45, 7) is 2.02. The quantitative estimate of drug-likeness (QED) is 0.768. The fourth-order valence-electron chi connectivity index (χ4n) is 1.88. The number of imidazole rings is 1.